The van der Waals surface area contributed by atoms with Crippen molar-refractivity contribution in [3.63, 3.8) is 0 Å². The third kappa shape index (κ3) is 1.94. The van der Waals surface area contributed by atoms with E-state index >= 15 is 0 Å². The lowest BCUT2D eigenvalue weighted by molar-refractivity contribution is -0.141. The van der Waals surface area contributed by atoms with Crippen molar-refractivity contribution in [2.75, 3.05) is 0 Å². The fraction of sp³-hybridized carbons (Fsp3) is 0.455. The number of fused-ring (bicyclic) bond motifs is 1. The largest absolute Gasteiger partial charge is 0.433 e. The molecule has 86 valence electrons. The first-order chi connectivity index (χ1) is 7.38. The van der Waals surface area contributed by atoms with E-state index in [4.69, 9.17) is 0 Å². The number of Topliss-reactive ketones (excluding diaryl/α,β-unsaturated/α-hetero) is 1. The maximum Gasteiger partial charge on any atom is 0.433 e. The molecule has 1 atom stereocenters. The van der Waals surface area contributed by atoms with Gasteiger partial charge in [-0.1, -0.05) is 0 Å². The highest BCUT2D eigenvalue weighted by Gasteiger charge is 2.34. The Labute approximate surface area is 90.5 Å². The summed E-state index contributed by atoms with van der Waals surface area (Å²) in [6, 6.07) is 1.05. The molecule has 0 bridgehead atoms. The maximum absolute atomic E-state index is 12.4. The standard InChI is InChI=1S/C11H10F3NO/c1-6(16)7-2-8-4-10(11(12,13)14)15-5-9(8)3-7/h4-5,7H,2-3H2,1H3. The Balaban J connectivity index is 2.31. The molecule has 1 aromatic heterocycles. The SMILES string of the molecule is CC(=O)C1Cc2cnc(C(F)(F)F)cc2C1. The quantitative estimate of drug-likeness (QED) is 0.740. The molecule has 2 nitrogen and oxygen atoms in total. The Kier molecular flexibility index (Phi) is 2.48. The fourth-order valence-electron chi connectivity index (χ4n) is 1.94. The molecule has 1 unspecified atom stereocenters. The van der Waals surface area contributed by atoms with E-state index in [9.17, 15) is 18.0 Å². The van der Waals surface area contributed by atoms with Gasteiger partial charge in [0, 0.05) is 12.1 Å². The average molecular weight is 229 g/mol. The van der Waals surface area contributed by atoms with Gasteiger partial charge in [0.05, 0.1) is 0 Å². The first-order valence-electron chi connectivity index (χ1n) is 4.93. The van der Waals surface area contributed by atoms with E-state index in [0.717, 1.165) is 11.6 Å². The zero-order valence-electron chi connectivity index (χ0n) is 8.64. The highest BCUT2D eigenvalue weighted by Crippen LogP contribution is 2.33. The van der Waals surface area contributed by atoms with Crippen LogP contribution >= 0.6 is 0 Å². The first-order valence-corrected chi connectivity index (χ1v) is 4.93. The number of pyridine rings is 1. The van der Waals surface area contributed by atoms with Gasteiger partial charge in [-0.15, -0.1) is 0 Å². The van der Waals surface area contributed by atoms with Crippen molar-refractivity contribution in [1.82, 2.24) is 4.98 Å². The second kappa shape index (κ2) is 3.57. The molecule has 0 fully saturated rings. The van der Waals surface area contributed by atoms with Gasteiger partial charge in [-0.3, -0.25) is 9.78 Å². The van der Waals surface area contributed by atoms with E-state index in [-0.39, 0.29) is 11.7 Å². The number of hydrogen-bond acceptors (Lipinski definition) is 2. The van der Waals surface area contributed by atoms with Crippen molar-refractivity contribution in [3.05, 3.63) is 29.1 Å². The number of hydrogen-bond donors (Lipinski definition) is 0. The Morgan fingerprint density at radius 3 is 2.56 bits per heavy atom. The molecule has 1 heterocycles. The predicted molar refractivity (Wildman–Crippen MR) is 50.8 cm³/mol. The lowest BCUT2D eigenvalue weighted by Gasteiger charge is -2.06. The van der Waals surface area contributed by atoms with Gasteiger partial charge in [0.1, 0.15) is 11.5 Å². The van der Waals surface area contributed by atoms with Gasteiger partial charge in [0.15, 0.2) is 0 Å². The lowest BCUT2D eigenvalue weighted by atomic mass is 10.0. The molecule has 0 radical (unpaired) electrons. The molecular weight excluding hydrogens is 219 g/mol. The van der Waals surface area contributed by atoms with Gasteiger partial charge < -0.3 is 0 Å². The average Bonchev–Trinajstić information content (AvgIpc) is 2.58. The first kappa shape index (κ1) is 11.1. The molecule has 0 N–H and O–H groups in total. The third-order valence-electron chi connectivity index (χ3n) is 2.88. The number of alkyl halides is 3. The van der Waals surface area contributed by atoms with E-state index in [1.165, 1.54) is 13.1 Å². The van der Waals surface area contributed by atoms with Crippen molar-refractivity contribution in [2.24, 2.45) is 5.92 Å². The summed E-state index contributed by atoms with van der Waals surface area (Å²) in [6.07, 6.45) is -2.27. The Bertz CT molecular complexity index is 439. The Morgan fingerprint density at radius 2 is 2.00 bits per heavy atom. The molecule has 0 aromatic carbocycles. The summed E-state index contributed by atoms with van der Waals surface area (Å²) in [5.74, 6) is -0.162. The normalized spacial score (nSPS) is 19.6. The number of nitrogens with zero attached hydrogens (tertiary/aromatic N) is 1. The van der Waals surface area contributed by atoms with Crippen LogP contribution in [0.1, 0.15) is 23.7 Å². The number of carbonyl (C=O) groups is 1. The molecule has 0 saturated heterocycles. The minimum Gasteiger partial charge on any atom is -0.300 e. The predicted octanol–water partition coefficient (Wildman–Crippen LogP) is 2.40. The zero-order valence-corrected chi connectivity index (χ0v) is 8.64. The Morgan fingerprint density at radius 1 is 1.38 bits per heavy atom. The van der Waals surface area contributed by atoms with Crippen molar-refractivity contribution >= 4 is 5.78 Å². The van der Waals surface area contributed by atoms with Crippen LogP contribution < -0.4 is 0 Å². The fourth-order valence-corrected chi connectivity index (χ4v) is 1.94. The van der Waals surface area contributed by atoms with Crippen molar-refractivity contribution in [2.45, 2.75) is 25.9 Å². The molecule has 0 spiro atoms. The minimum atomic E-state index is -4.41. The zero-order chi connectivity index (χ0) is 11.9. The molecule has 0 aliphatic heterocycles. The van der Waals surface area contributed by atoms with E-state index < -0.39 is 11.9 Å². The lowest BCUT2D eigenvalue weighted by Crippen LogP contribution is -2.10. The third-order valence-corrected chi connectivity index (χ3v) is 2.88. The summed E-state index contributed by atoms with van der Waals surface area (Å²) in [4.78, 5) is 14.5. The highest BCUT2D eigenvalue weighted by molar-refractivity contribution is 5.79. The van der Waals surface area contributed by atoms with Crippen LogP contribution in [0.3, 0.4) is 0 Å². The van der Waals surface area contributed by atoms with Crippen LogP contribution in [-0.2, 0) is 23.8 Å². The summed E-state index contributed by atoms with van der Waals surface area (Å²) in [7, 11) is 0. The highest BCUT2D eigenvalue weighted by atomic mass is 19.4. The molecule has 0 amide bonds. The molecule has 5 heteroatoms. The van der Waals surface area contributed by atoms with Crippen LogP contribution in [0.2, 0.25) is 0 Å². The number of carbonyl (C=O) groups excluding carboxylic acids is 1. The molecule has 2 rings (SSSR count). The van der Waals surface area contributed by atoms with Gasteiger partial charge in [0.25, 0.3) is 0 Å². The van der Waals surface area contributed by atoms with Gasteiger partial charge in [-0.05, 0) is 37.0 Å². The summed E-state index contributed by atoms with van der Waals surface area (Å²) < 4.78 is 37.1. The second-order valence-electron chi connectivity index (χ2n) is 4.05. The number of ketones is 1. The van der Waals surface area contributed by atoms with Gasteiger partial charge in [0.2, 0.25) is 0 Å². The maximum atomic E-state index is 12.4. The summed E-state index contributed by atoms with van der Waals surface area (Å²) in [5, 5.41) is 0. The summed E-state index contributed by atoms with van der Waals surface area (Å²) in [5.41, 5.74) is 0.478. The van der Waals surface area contributed by atoms with Gasteiger partial charge in [-0.25, -0.2) is 0 Å². The molecule has 1 aliphatic rings. The summed E-state index contributed by atoms with van der Waals surface area (Å²) in [6.45, 7) is 1.47. The topological polar surface area (TPSA) is 30.0 Å². The van der Waals surface area contributed by atoms with E-state index in [1.54, 1.807) is 0 Å². The van der Waals surface area contributed by atoms with Crippen LogP contribution in [0.15, 0.2) is 12.3 Å². The van der Waals surface area contributed by atoms with Crippen LogP contribution in [0.25, 0.3) is 0 Å². The molecule has 1 aromatic rings. The van der Waals surface area contributed by atoms with E-state index in [0.29, 0.717) is 18.4 Å². The van der Waals surface area contributed by atoms with E-state index in [1.807, 2.05) is 0 Å². The van der Waals surface area contributed by atoms with E-state index in [2.05, 4.69) is 4.98 Å². The van der Waals surface area contributed by atoms with Crippen LogP contribution in [0, 0.1) is 5.92 Å². The minimum absolute atomic E-state index is 0.0183. The van der Waals surface area contributed by atoms with Crippen molar-refractivity contribution < 1.29 is 18.0 Å². The summed E-state index contributed by atoms with van der Waals surface area (Å²) >= 11 is 0. The number of halogens is 3. The molecule has 1 aliphatic carbocycles. The van der Waals surface area contributed by atoms with Crippen LogP contribution in [-0.4, -0.2) is 10.8 Å². The smallest absolute Gasteiger partial charge is 0.300 e. The molecular formula is C11H10F3NO. The van der Waals surface area contributed by atoms with Gasteiger partial charge >= 0.3 is 6.18 Å². The molecule has 16 heavy (non-hydrogen) atoms. The van der Waals surface area contributed by atoms with Crippen LogP contribution in [0.4, 0.5) is 13.2 Å². The second-order valence-corrected chi connectivity index (χ2v) is 4.05. The monoisotopic (exact) mass is 229 g/mol. The van der Waals surface area contributed by atoms with Crippen LogP contribution in [0.5, 0.6) is 0 Å². The number of aromatic nitrogens is 1. The Hall–Kier alpha value is -1.39. The van der Waals surface area contributed by atoms with Crippen molar-refractivity contribution in [1.29, 1.82) is 0 Å². The van der Waals surface area contributed by atoms with Crippen molar-refractivity contribution in [3.8, 4) is 0 Å². The number of rotatable bonds is 1. The van der Waals surface area contributed by atoms with Gasteiger partial charge in [-0.2, -0.15) is 13.2 Å². The molecule has 0 saturated carbocycles.